The molecule has 0 saturated carbocycles. The molecule has 0 aromatic carbocycles. The van der Waals surface area contributed by atoms with Gasteiger partial charge in [0.2, 0.25) is 0 Å². The van der Waals surface area contributed by atoms with Gasteiger partial charge in [-0.1, -0.05) is 25.4 Å². The standard InChI is InChI=1S/C15H22ClN3O/c1-15(2)5-4-7-19(8-6-15)14(20)11-9-13(17-3)18-10-12(11)16/h9-10H,4-8H2,1-3H3,(H,17,18). The minimum atomic E-state index is 0.00611. The van der Waals surface area contributed by atoms with E-state index in [0.29, 0.717) is 21.8 Å². The van der Waals surface area contributed by atoms with Gasteiger partial charge in [0.1, 0.15) is 5.82 Å². The highest BCUT2D eigenvalue weighted by molar-refractivity contribution is 6.33. The molecule has 0 bridgehead atoms. The van der Waals surface area contributed by atoms with Gasteiger partial charge in [-0.25, -0.2) is 4.98 Å². The van der Waals surface area contributed by atoms with E-state index in [9.17, 15) is 4.79 Å². The smallest absolute Gasteiger partial charge is 0.255 e. The van der Waals surface area contributed by atoms with Crippen molar-refractivity contribution in [3.05, 3.63) is 22.8 Å². The first kappa shape index (κ1) is 15.1. The third-order valence-corrected chi connectivity index (χ3v) is 4.27. The second kappa shape index (κ2) is 6.00. The van der Waals surface area contributed by atoms with Crippen LogP contribution in [0.5, 0.6) is 0 Å². The quantitative estimate of drug-likeness (QED) is 0.909. The zero-order valence-corrected chi connectivity index (χ0v) is 13.1. The molecule has 110 valence electrons. The van der Waals surface area contributed by atoms with E-state index in [4.69, 9.17) is 11.6 Å². The molecule has 0 spiro atoms. The average molecular weight is 296 g/mol. The number of aromatic nitrogens is 1. The molecular formula is C15H22ClN3O. The van der Waals surface area contributed by atoms with Gasteiger partial charge >= 0.3 is 0 Å². The molecule has 0 atom stereocenters. The molecule has 0 radical (unpaired) electrons. The van der Waals surface area contributed by atoms with Crippen LogP contribution in [0, 0.1) is 5.41 Å². The number of rotatable bonds is 2. The van der Waals surface area contributed by atoms with Crippen LogP contribution >= 0.6 is 11.6 Å². The Bertz CT molecular complexity index is 502. The number of hydrogen-bond acceptors (Lipinski definition) is 3. The van der Waals surface area contributed by atoms with Crippen molar-refractivity contribution in [2.45, 2.75) is 33.1 Å². The van der Waals surface area contributed by atoms with Crippen LogP contribution in [0.4, 0.5) is 5.82 Å². The number of nitrogens with zero attached hydrogens (tertiary/aromatic N) is 2. The first-order chi connectivity index (χ1) is 9.43. The SMILES string of the molecule is CNc1cc(C(=O)N2CCCC(C)(C)CC2)c(Cl)cn1. The molecule has 20 heavy (non-hydrogen) atoms. The summed E-state index contributed by atoms with van der Waals surface area (Å²) >= 11 is 6.13. The van der Waals surface area contributed by atoms with E-state index < -0.39 is 0 Å². The van der Waals surface area contributed by atoms with E-state index in [1.54, 1.807) is 13.1 Å². The van der Waals surface area contributed by atoms with Crippen LogP contribution in [-0.2, 0) is 0 Å². The molecule has 1 amide bonds. The molecule has 1 saturated heterocycles. The van der Waals surface area contributed by atoms with Gasteiger partial charge in [-0.05, 0) is 30.7 Å². The van der Waals surface area contributed by atoms with E-state index in [-0.39, 0.29) is 5.91 Å². The topological polar surface area (TPSA) is 45.2 Å². The average Bonchev–Trinajstić information content (AvgIpc) is 2.59. The van der Waals surface area contributed by atoms with Gasteiger partial charge in [-0.15, -0.1) is 0 Å². The van der Waals surface area contributed by atoms with Gasteiger partial charge in [0.15, 0.2) is 0 Å². The lowest BCUT2D eigenvalue weighted by atomic mass is 9.85. The van der Waals surface area contributed by atoms with E-state index in [0.717, 1.165) is 32.4 Å². The Morgan fingerprint density at radius 1 is 1.40 bits per heavy atom. The number of pyridine rings is 1. The Labute approximate surface area is 125 Å². The Morgan fingerprint density at radius 2 is 2.15 bits per heavy atom. The monoisotopic (exact) mass is 295 g/mol. The number of carbonyl (C=O) groups excluding carboxylic acids is 1. The number of likely N-dealkylation sites (tertiary alicyclic amines) is 1. The molecule has 0 aliphatic carbocycles. The van der Waals surface area contributed by atoms with Crippen molar-refractivity contribution in [3.8, 4) is 0 Å². The summed E-state index contributed by atoms with van der Waals surface area (Å²) in [6.45, 7) is 6.12. The third kappa shape index (κ3) is 3.42. The summed E-state index contributed by atoms with van der Waals surface area (Å²) in [7, 11) is 1.78. The molecule has 2 rings (SSSR count). The number of anilines is 1. The van der Waals surface area contributed by atoms with Crippen molar-refractivity contribution >= 4 is 23.3 Å². The Kier molecular flexibility index (Phi) is 4.53. The molecular weight excluding hydrogens is 274 g/mol. The van der Waals surface area contributed by atoms with Crippen molar-refractivity contribution in [3.63, 3.8) is 0 Å². The van der Waals surface area contributed by atoms with Crippen LogP contribution < -0.4 is 5.32 Å². The van der Waals surface area contributed by atoms with Gasteiger partial charge in [-0.2, -0.15) is 0 Å². The van der Waals surface area contributed by atoms with Crippen molar-refractivity contribution < 1.29 is 4.79 Å². The van der Waals surface area contributed by atoms with Crippen LogP contribution in [-0.4, -0.2) is 35.9 Å². The van der Waals surface area contributed by atoms with Gasteiger partial charge in [0.25, 0.3) is 5.91 Å². The first-order valence-corrected chi connectivity index (χ1v) is 7.43. The fraction of sp³-hybridized carbons (Fsp3) is 0.600. The summed E-state index contributed by atoms with van der Waals surface area (Å²) in [5.41, 5.74) is 0.846. The summed E-state index contributed by atoms with van der Waals surface area (Å²) in [6.07, 6.45) is 4.76. The number of nitrogens with one attached hydrogen (secondary N) is 1. The predicted molar refractivity (Wildman–Crippen MR) is 82.3 cm³/mol. The van der Waals surface area contributed by atoms with E-state index in [1.165, 1.54) is 6.20 Å². The van der Waals surface area contributed by atoms with Crippen LogP contribution in [0.25, 0.3) is 0 Å². The highest BCUT2D eigenvalue weighted by Gasteiger charge is 2.26. The maximum atomic E-state index is 12.6. The van der Waals surface area contributed by atoms with Crippen molar-refractivity contribution in [1.29, 1.82) is 0 Å². The second-order valence-corrected chi connectivity index (χ2v) is 6.52. The van der Waals surface area contributed by atoms with Crippen molar-refractivity contribution in [2.75, 3.05) is 25.5 Å². The fourth-order valence-electron chi connectivity index (χ4n) is 2.54. The zero-order valence-electron chi connectivity index (χ0n) is 12.4. The van der Waals surface area contributed by atoms with Crippen molar-refractivity contribution in [1.82, 2.24) is 9.88 Å². The molecule has 1 aliphatic heterocycles. The first-order valence-electron chi connectivity index (χ1n) is 7.05. The fourth-order valence-corrected chi connectivity index (χ4v) is 2.72. The summed E-state index contributed by atoms with van der Waals surface area (Å²) in [5, 5.41) is 3.35. The summed E-state index contributed by atoms with van der Waals surface area (Å²) < 4.78 is 0. The maximum Gasteiger partial charge on any atom is 0.255 e. The van der Waals surface area contributed by atoms with Crippen LogP contribution in [0.15, 0.2) is 12.3 Å². The Morgan fingerprint density at radius 3 is 2.85 bits per heavy atom. The zero-order chi connectivity index (χ0) is 14.8. The largest absolute Gasteiger partial charge is 0.373 e. The molecule has 1 N–H and O–H groups in total. The third-order valence-electron chi connectivity index (χ3n) is 3.97. The summed E-state index contributed by atoms with van der Waals surface area (Å²) in [6, 6.07) is 1.72. The number of hydrogen-bond donors (Lipinski definition) is 1. The lowest BCUT2D eigenvalue weighted by molar-refractivity contribution is 0.0757. The predicted octanol–water partition coefficient (Wildman–Crippen LogP) is 3.43. The minimum Gasteiger partial charge on any atom is -0.373 e. The molecule has 2 heterocycles. The highest BCUT2D eigenvalue weighted by Crippen LogP contribution is 2.31. The van der Waals surface area contributed by atoms with Gasteiger partial charge in [0.05, 0.1) is 10.6 Å². The van der Waals surface area contributed by atoms with Gasteiger partial charge < -0.3 is 10.2 Å². The minimum absolute atomic E-state index is 0.00611. The van der Waals surface area contributed by atoms with E-state index in [2.05, 4.69) is 24.1 Å². The normalized spacial score (nSPS) is 18.5. The number of amides is 1. The molecule has 5 heteroatoms. The Hall–Kier alpha value is -1.29. The molecule has 1 aromatic rings. The second-order valence-electron chi connectivity index (χ2n) is 6.11. The van der Waals surface area contributed by atoms with Crippen LogP contribution in [0.1, 0.15) is 43.5 Å². The lowest BCUT2D eigenvalue weighted by Crippen LogP contribution is -2.32. The van der Waals surface area contributed by atoms with E-state index in [1.807, 2.05) is 4.90 Å². The van der Waals surface area contributed by atoms with Gasteiger partial charge in [-0.3, -0.25) is 4.79 Å². The number of carbonyl (C=O) groups is 1. The highest BCUT2D eigenvalue weighted by atomic mass is 35.5. The molecule has 1 fully saturated rings. The van der Waals surface area contributed by atoms with Gasteiger partial charge in [0, 0.05) is 26.3 Å². The molecule has 4 nitrogen and oxygen atoms in total. The Balaban J connectivity index is 2.18. The summed E-state index contributed by atoms with van der Waals surface area (Å²) in [5.74, 6) is 0.666. The van der Waals surface area contributed by atoms with Crippen LogP contribution in [0.2, 0.25) is 5.02 Å². The van der Waals surface area contributed by atoms with E-state index >= 15 is 0 Å². The maximum absolute atomic E-state index is 12.6. The molecule has 1 aromatic heterocycles. The molecule has 0 unspecified atom stereocenters. The molecule has 1 aliphatic rings. The lowest BCUT2D eigenvalue weighted by Gasteiger charge is -2.23. The van der Waals surface area contributed by atoms with Crippen molar-refractivity contribution in [2.24, 2.45) is 5.41 Å². The van der Waals surface area contributed by atoms with Crippen LogP contribution in [0.3, 0.4) is 0 Å². The summed E-state index contributed by atoms with van der Waals surface area (Å²) in [4.78, 5) is 18.7. The number of halogens is 1.